The molecule has 0 aromatic heterocycles. The van der Waals surface area contributed by atoms with Crippen molar-refractivity contribution in [2.75, 3.05) is 20.8 Å². The molecule has 0 N–H and O–H groups in total. The summed E-state index contributed by atoms with van der Waals surface area (Å²) in [5, 5.41) is 0.629. The van der Waals surface area contributed by atoms with Gasteiger partial charge in [0, 0.05) is 23.7 Å². The van der Waals surface area contributed by atoms with Gasteiger partial charge in [0.2, 0.25) is 0 Å². The monoisotopic (exact) mass is 375 g/mol. The van der Waals surface area contributed by atoms with Gasteiger partial charge < -0.3 is 14.4 Å². The van der Waals surface area contributed by atoms with Gasteiger partial charge in [-0.1, -0.05) is 30.7 Å². The summed E-state index contributed by atoms with van der Waals surface area (Å²) in [4.78, 5) is 26.4. The lowest BCUT2D eigenvalue weighted by Gasteiger charge is -2.25. The Bertz CT molecular complexity index is 743. The third-order valence-electron chi connectivity index (χ3n) is 4.01. The number of benzene rings is 2. The summed E-state index contributed by atoms with van der Waals surface area (Å²) in [6, 6.07) is 14.2. The molecule has 0 saturated carbocycles. The molecule has 0 aliphatic carbocycles. The molecular formula is C20H22ClNO4. The molecule has 2 aromatic carbocycles. The van der Waals surface area contributed by atoms with Crippen molar-refractivity contribution in [3.63, 3.8) is 0 Å². The zero-order valence-electron chi connectivity index (χ0n) is 15.1. The molecule has 0 saturated heterocycles. The molecule has 1 amide bonds. The molecule has 0 fully saturated rings. The van der Waals surface area contributed by atoms with Crippen LogP contribution in [0.15, 0.2) is 48.5 Å². The molecule has 26 heavy (non-hydrogen) atoms. The average molecular weight is 376 g/mol. The van der Waals surface area contributed by atoms with Gasteiger partial charge in [-0.2, -0.15) is 0 Å². The van der Waals surface area contributed by atoms with Crippen molar-refractivity contribution in [3.8, 4) is 5.75 Å². The first-order valence-corrected chi connectivity index (χ1v) is 8.58. The Morgan fingerprint density at radius 1 is 1.04 bits per heavy atom. The van der Waals surface area contributed by atoms with E-state index in [1.54, 1.807) is 55.3 Å². The van der Waals surface area contributed by atoms with E-state index in [2.05, 4.69) is 0 Å². The summed E-state index contributed by atoms with van der Waals surface area (Å²) in [6.07, 6.45) is 0. The molecule has 1 atom stereocenters. The Kier molecular flexibility index (Phi) is 7.04. The first kappa shape index (κ1) is 19.8. The zero-order chi connectivity index (χ0) is 19.1. The lowest BCUT2D eigenvalue weighted by atomic mass is 10.1. The molecule has 1 unspecified atom stereocenters. The van der Waals surface area contributed by atoms with Crippen LogP contribution in [0.5, 0.6) is 5.75 Å². The lowest BCUT2D eigenvalue weighted by Crippen LogP contribution is -2.36. The Balaban J connectivity index is 2.23. The maximum atomic E-state index is 13.0. The first-order chi connectivity index (χ1) is 12.4. The van der Waals surface area contributed by atoms with Gasteiger partial charge in [0.1, 0.15) is 5.75 Å². The summed E-state index contributed by atoms with van der Waals surface area (Å²) in [7, 11) is 2.91. The number of hydrogen-bond acceptors (Lipinski definition) is 4. The van der Waals surface area contributed by atoms with Gasteiger partial charge in [-0.25, -0.2) is 0 Å². The van der Waals surface area contributed by atoms with E-state index >= 15 is 0 Å². The van der Waals surface area contributed by atoms with Crippen molar-refractivity contribution >= 4 is 23.5 Å². The number of ether oxygens (including phenoxy) is 2. The molecule has 138 valence electrons. The van der Waals surface area contributed by atoms with Crippen LogP contribution in [0.3, 0.4) is 0 Å². The van der Waals surface area contributed by atoms with Gasteiger partial charge in [0.05, 0.1) is 20.1 Å². The van der Waals surface area contributed by atoms with Gasteiger partial charge in [-0.3, -0.25) is 9.59 Å². The summed E-state index contributed by atoms with van der Waals surface area (Å²) in [5.74, 6) is -0.282. The molecule has 0 bridgehead atoms. The number of nitrogens with zero attached hydrogens (tertiary/aromatic N) is 1. The largest absolute Gasteiger partial charge is 0.497 e. The van der Waals surface area contributed by atoms with Crippen LogP contribution in [0.4, 0.5) is 0 Å². The fourth-order valence-electron chi connectivity index (χ4n) is 2.55. The molecule has 5 nitrogen and oxygen atoms in total. The maximum Gasteiger partial charge on any atom is 0.310 e. The number of hydrogen-bond donors (Lipinski definition) is 0. The van der Waals surface area contributed by atoms with E-state index in [9.17, 15) is 9.59 Å². The minimum absolute atomic E-state index is 0.168. The smallest absolute Gasteiger partial charge is 0.310 e. The SMILES string of the molecule is COC(=O)C(C)CN(Cc1ccc(Cl)cc1)C(=O)c1ccc(OC)cc1. The topological polar surface area (TPSA) is 55.8 Å². The standard InChI is InChI=1S/C20H22ClNO4/c1-14(20(24)26-3)12-22(13-15-4-8-17(21)9-5-15)19(23)16-6-10-18(25-2)11-7-16/h4-11,14H,12-13H2,1-3H3. The van der Waals surface area contributed by atoms with E-state index in [4.69, 9.17) is 21.1 Å². The minimum atomic E-state index is -0.436. The maximum absolute atomic E-state index is 13.0. The zero-order valence-corrected chi connectivity index (χ0v) is 15.8. The van der Waals surface area contributed by atoms with Crippen LogP contribution in [0.2, 0.25) is 5.02 Å². The minimum Gasteiger partial charge on any atom is -0.497 e. The van der Waals surface area contributed by atoms with E-state index in [1.165, 1.54) is 7.11 Å². The van der Waals surface area contributed by atoms with Crippen molar-refractivity contribution < 1.29 is 19.1 Å². The van der Waals surface area contributed by atoms with Gasteiger partial charge in [0.15, 0.2) is 0 Å². The van der Waals surface area contributed by atoms with Crippen molar-refractivity contribution in [2.24, 2.45) is 5.92 Å². The second-order valence-corrected chi connectivity index (χ2v) is 6.40. The van der Waals surface area contributed by atoms with E-state index in [-0.39, 0.29) is 18.4 Å². The number of amides is 1. The second-order valence-electron chi connectivity index (χ2n) is 5.96. The Morgan fingerprint density at radius 3 is 2.19 bits per heavy atom. The highest BCUT2D eigenvalue weighted by Gasteiger charge is 2.23. The predicted molar refractivity (Wildman–Crippen MR) is 100 cm³/mol. The van der Waals surface area contributed by atoms with E-state index in [0.29, 0.717) is 22.9 Å². The molecule has 6 heteroatoms. The van der Waals surface area contributed by atoms with E-state index in [0.717, 1.165) is 5.56 Å². The molecule has 2 rings (SSSR count). The van der Waals surface area contributed by atoms with Crippen molar-refractivity contribution in [3.05, 3.63) is 64.7 Å². The van der Waals surface area contributed by atoms with Crippen LogP contribution in [-0.2, 0) is 16.1 Å². The fraction of sp³-hybridized carbons (Fsp3) is 0.300. The molecule has 0 radical (unpaired) electrons. The van der Waals surface area contributed by atoms with E-state index < -0.39 is 5.92 Å². The fourth-order valence-corrected chi connectivity index (χ4v) is 2.68. The van der Waals surface area contributed by atoms with Gasteiger partial charge in [-0.15, -0.1) is 0 Å². The number of halogens is 1. The van der Waals surface area contributed by atoms with Crippen LogP contribution < -0.4 is 4.74 Å². The summed E-state index contributed by atoms with van der Waals surface area (Å²) >= 11 is 5.93. The highest BCUT2D eigenvalue weighted by molar-refractivity contribution is 6.30. The van der Waals surface area contributed by atoms with Crippen LogP contribution >= 0.6 is 11.6 Å². The number of esters is 1. The molecule has 0 spiro atoms. The molecule has 0 aliphatic rings. The van der Waals surface area contributed by atoms with Crippen LogP contribution in [0.25, 0.3) is 0 Å². The Labute approximate surface area is 158 Å². The molecule has 2 aromatic rings. The summed E-state index contributed by atoms with van der Waals surface area (Å²) < 4.78 is 9.91. The van der Waals surface area contributed by atoms with Crippen LogP contribution in [0.1, 0.15) is 22.8 Å². The third-order valence-corrected chi connectivity index (χ3v) is 4.26. The molecule has 0 heterocycles. The second kappa shape index (κ2) is 9.25. The Hall–Kier alpha value is -2.53. The predicted octanol–water partition coefficient (Wildman–Crippen LogP) is 3.80. The van der Waals surface area contributed by atoms with Crippen molar-refractivity contribution in [1.82, 2.24) is 4.90 Å². The molecular weight excluding hydrogens is 354 g/mol. The lowest BCUT2D eigenvalue weighted by molar-refractivity contribution is -0.145. The highest BCUT2D eigenvalue weighted by atomic mass is 35.5. The number of methoxy groups -OCH3 is 2. The van der Waals surface area contributed by atoms with Crippen molar-refractivity contribution in [1.29, 1.82) is 0 Å². The van der Waals surface area contributed by atoms with Gasteiger partial charge >= 0.3 is 5.97 Å². The van der Waals surface area contributed by atoms with Crippen LogP contribution in [-0.4, -0.2) is 37.5 Å². The van der Waals surface area contributed by atoms with Crippen LogP contribution in [0, 0.1) is 5.92 Å². The first-order valence-electron chi connectivity index (χ1n) is 8.20. The van der Waals surface area contributed by atoms with Gasteiger partial charge in [-0.05, 0) is 42.0 Å². The molecule has 0 aliphatic heterocycles. The number of carbonyl (C=O) groups excluding carboxylic acids is 2. The number of carbonyl (C=O) groups is 2. The summed E-state index contributed by atoms with van der Waals surface area (Å²) in [6.45, 7) is 2.35. The normalized spacial score (nSPS) is 11.5. The third kappa shape index (κ3) is 5.23. The summed E-state index contributed by atoms with van der Waals surface area (Å²) in [5.41, 5.74) is 1.45. The van der Waals surface area contributed by atoms with E-state index in [1.807, 2.05) is 12.1 Å². The van der Waals surface area contributed by atoms with Crippen molar-refractivity contribution in [2.45, 2.75) is 13.5 Å². The Morgan fingerprint density at radius 2 is 1.65 bits per heavy atom. The van der Waals surface area contributed by atoms with Gasteiger partial charge in [0.25, 0.3) is 5.91 Å². The highest BCUT2D eigenvalue weighted by Crippen LogP contribution is 2.17. The quantitative estimate of drug-likeness (QED) is 0.691. The number of rotatable bonds is 7. The average Bonchev–Trinajstić information content (AvgIpc) is 2.67.